The van der Waals surface area contributed by atoms with E-state index in [1.54, 1.807) is 25.4 Å². The maximum Gasteiger partial charge on any atom is 0.122 e. The van der Waals surface area contributed by atoms with Crippen molar-refractivity contribution in [2.75, 3.05) is 7.11 Å². The third-order valence-corrected chi connectivity index (χ3v) is 3.03. The Hall–Kier alpha value is -1.58. The van der Waals surface area contributed by atoms with E-state index in [4.69, 9.17) is 16.3 Å². The second-order valence-electron chi connectivity index (χ2n) is 3.90. The van der Waals surface area contributed by atoms with Crippen LogP contribution >= 0.6 is 11.6 Å². The molecule has 0 aliphatic rings. The maximum absolute atomic E-state index is 10.2. The molecule has 0 bridgehead atoms. The first-order valence-corrected chi connectivity index (χ1v) is 6.00. The van der Waals surface area contributed by atoms with Crippen molar-refractivity contribution >= 4 is 11.6 Å². The van der Waals surface area contributed by atoms with E-state index >= 15 is 0 Å². The van der Waals surface area contributed by atoms with Crippen LogP contribution in [0.3, 0.4) is 0 Å². The van der Waals surface area contributed by atoms with Crippen LogP contribution in [0.1, 0.15) is 17.4 Å². The van der Waals surface area contributed by atoms with E-state index in [-0.39, 0.29) is 0 Å². The number of aromatic nitrogens is 1. The van der Waals surface area contributed by atoms with Crippen molar-refractivity contribution < 1.29 is 9.84 Å². The molecule has 0 aliphatic heterocycles. The molecular formula is C14H14ClNO2. The Labute approximate surface area is 111 Å². The number of methoxy groups -OCH3 is 1. The Morgan fingerprint density at radius 3 is 2.78 bits per heavy atom. The number of benzene rings is 1. The second-order valence-corrected chi connectivity index (χ2v) is 4.31. The summed E-state index contributed by atoms with van der Waals surface area (Å²) in [5.41, 5.74) is 1.42. The summed E-state index contributed by atoms with van der Waals surface area (Å²) in [6.07, 6.45) is 1.29. The Kier molecular flexibility index (Phi) is 4.18. The number of para-hydroxylation sites is 1. The van der Waals surface area contributed by atoms with Gasteiger partial charge < -0.3 is 9.84 Å². The average Bonchev–Trinajstić information content (AvgIpc) is 2.39. The van der Waals surface area contributed by atoms with Gasteiger partial charge in [0.15, 0.2) is 0 Å². The zero-order chi connectivity index (χ0) is 13.0. The number of hydrogen-bond donors (Lipinski definition) is 1. The van der Waals surface area contributed by atoms with Gasteiger partial charge in [0.2, 0.25) is 0 Å². The minimum atomic E-state index is -0.741. The number of aliphatic hydroxyl groups is 1. The topological polar surface area (TPSA) is 42.4 Å². The van der Waals surface area contributed by atoms with Crippen LogP contribution in [0.4, 0.5) is 0 Å². The van der Waals surface area contributed by atoms with E-state index in [0.29, 0.717) is 17.1 Å². The highest BCUT2D eigenvalue weighted by Gasteiger charge is 2.15. The molecule has 0 spiro atoms. The molecule has 0 aliphatic carbocycles. The minimum Gasteiger partial charge on any atom is -0.496 e. The van der Waals surface area contributed by atoms with E-state index in [1.165, 1.54) is 0 Å². The molecule has 1 unspecified atom stereocenters. The smallest absolute Gasteiger partial charge is 0.122 e. The molecule has 18 heavy (non-hydrogen) atoms. The Morgan fingerprint density at radius 2 is 2.06 bits per heavy atom. The summed E-state index contributed by atoms with van der Waals surface area (Å²) < 4.78 is 5.25. The summed E-state index contributed by atoms with van der Waals surface area (Å²) in [5.74, 6) is 0.753. The predicted molar refractivity (Wildman–Crippen MR) is 70.9 cm³/mol. The van der Waals surface area contributed by atoms with Crippen molar-refractivity contribution in [2.24, 2.45) is 0 Å². The fourth-order valence-electron chi connectivity index (χ4n) is 1.82. The molecular weight excluding hydrogens is 250 g/mol. The third kappa shape index (κ3) is 2.81. The first-order chi connectivity index (χ1) is 8.72. The van der Waals surface area contributed by atoms with Crippen molar-refractivity contribution in [2.45, 2.75) is 12.5 Å². The molecule has 3 nitrogen and oxygen atoms in total. The SMILES string of the molecule is COc1ccccc1CC(O)c1ncccc1Cl. The molecule has 1 atom stereocenters. The highest BCUT2D eigenvalue weighted by Crippen LogP contribution is 2.27. The molecule has 1 aromatic carbocycles. The fraction of sp³-hybridized carbons (Fsp3) is 0.214. The maximum atomic E-state index is 10.2. The van der Waals surface area contributed by atoms with Gasteiger partial charge in [-0.2, -0.15) is 0 Å². The molecule has 1 heterocycles. The van der Waals surface area contributed by atoms with Gasteiger partial charge in [0.1, 0.15) is 11.9 Å². The van der Waals surface area contributed by atoms with Gasteiger partial charge in [-0.05, 0) is 23.8 Å². The molecule has 0 amide bonds. The summed E-state index contributed by atoms with van der Waals surface area (Å²) in [7, 11) is 1.61. The molecule has 0 radical (unpaired) electrons. The quantitative estimate of drug-likeness (QED) is 0.922. The summed E-state index contributed by atoms with van der Waals surface area (Å²) in [4.78, 5) is 4.11. The molecule has 2 aromatic rings. The van der Waals surface area contributed by atoms with Crippen LogP contribution in [0.2, 0.25) is 5.02 Å². The van der Waals surface area contributed by atoms with Crippen molar-refractivity contribution in [1.82, 2.24) is 4.98 Å². The normalized spacial score (nSPS) is 12.2. The second kappa shape index (κ2) is 5.85. The van der Waals surface area contributed by atoms with Gasteiger partial charge >= 0.3 is 0 Å². The van der Waals surface area contributed by atoms with Crippen molar-refractivity contribution in [1.29, 1.82) is 0 Å². The zero-order valence-electron chi connectivity index (χ0n) is 10.0. The number of hydrogen-bond acceptors (Lipinski definition) is 3. The van der Waals surface area contributed by atoms with Gasteiger partial charge in [-0.1, -0.05) is 29.8 Å². The van der Waals surface area contributed by atoms with Crippen LogP contribution in [0.15, 0.2) is 42.6 Å². The standard InChI is InChI=1S/C14H14ClNO2/c1-18-13-7-3-2-5-10(13)9-12(17)14-11(15)6-4-8-16-14/h2-8,12,17H,9H2,1H3. The van der Waals surface area contributed by atoms with Crippen LogP contribution in [-0.2, 0) is 6.42 Å². The fourth-order valence-corrected chi connectivity index (χ4v) is 2.07. The number of halogens is 1. The van der Waals surface area contributed by atoms with Gasteiger partial charge in [-0.3, -0.25) is 4.98 Å². The Bertz CT molecular complexity index is 531. The summed E-state index contributed by atoms with van der Waals surface area (Å²) in [5, 5.41) is 10.6. The van der Waals surface area contributed by atoms with E-state index < -0.39 is 6.10 Å². The van der Waals surface area contributed by atoms with E-state index in [2.05, 4.69) is 4.98 Å². The molecule has 1 aromatic heterocycles. The molecule has 0 fully saturated rings. The number of nitrogens with zero attached hydrogens (tertiary/aromatic N) is 1. The van der Waals surface area contributed by atoms with E-state index in [9.17, 15) is 5.11 Å². The number of pyridine rings is 1. The molecule has 0 saturated heterocycles. The number of rotatable bonds is 4. The van der Waals surface area contributed by atoms with Crippen LogP contribution < -0.4 is 4.74 Å². The van der Waals surface area contributed by atoms with Crippen LogP contribution in [0.5, 0.6) is 5.75 Å². The average molecular weight is 264 g/mol. The summed E-state index contributed by atoms with van der Waals surface area (Å²) >= 11 is 6.01. The lowest BCUT2D eigenvalue weighted by molar-refractivity contribution is 0.172. The first kappa shape index (κ1) is 12.9. The highest BCUT2D eigenvalue weighted by atomic mass is 35.5. The molecule has 2 rings (SSSR count). The summed E-state index contributed by atoms with van der Waals surface area (Å²) in [6.45, 7) is 0. The van der Waals surface area contributed by atoms with Crippen molar-refractivity contribution in [3.05, 3.63) is 58.9 Å². The van der Waals surface area contributed by atoms with Crippen LogP contribution in [-0.4, -0.2) is 17.2 Å². The monoisotopic (exact) mass is 263 g/mol. The Morgan fingerprint density at radius 1 is 1.28 bits per heavy atom. The Balaban J connectivity index is 2.21. The predicted octanol–water partition coefficient (Wildman–Crippen LogP) is 3.02. The largest absolute Gasteiger partial charge is 0.496 e. The van der Waals surface area contributed by atoms with Gasteiger partial charge in [0, 0.05) is 12.6 Å². The molecule has 1 N–H and O–H groups in total. The van der Waals surface area contributed by atoms with Crippen LogP contribution in [0, 0.1) is 0 Å². The third-order valence-electron chi connectivity index (χ3n) is 2.71. The molecule has 94 valence electrons. The van der Waals surface area contributed by atoms with Crippen molar-refractivity contribution in [3.63, 3.8) is 0 Å². The lowest BCUT2D eigenvalue weighted by Gasteiger charge is -2.13. The van der Waals surface area contributed by atoms with Gasteiger partial charge in [-0.25, -0.2) is 0 Å². The zero-order valence-corrected chi connectivity index (χ0v) is 10.8. The number of ether oxygens (including phenoxy) is 1. The van der Waals surface area contributed by atoms with Crippen LogP contribution in [0.25, 0.3) is 0 Å². The lowest BCUT2D eigenvalue weighted by Crippen LogP contribution is -2.05. The first-order valence-electron chi connectivity index (χ1n) is 5.62. The van der Waals surface area contributed by atoms with Gasteiger partial charge in [0.05, 0.1) is 17.8 Å². The van der Waals surface area contributed by atoms with E-state index in [0.717, 1.165) is 11.3 Å². The minimum absolute atomic E-state index is 0.417. The molecule has 4 heteroatoms. The van der Waals surface area contributed by atoms with Crippen molar-refractivity contribution in [3.8, 4) is 5.75 Å². The lowest BCUT2D eigenvalue weighted by atomic mass is 10.0. The highest BCUT2D eigenvalue weighted by molar-refractivity contribution is 6.31. The van der Waals surface area contributed by atoms with Gasteiger partial charge in [-0.15, -0.1) is 0 Å². The molecule has 0 saturated carbocycles. The van der Waals surface area contributed by atoms with Gasteiger partial charge in [0.25, 0.3) is 0 Å². The number of aliphatic hydroxyl groups excluding tert-OH is 1. The van der Waals surface area contributed by atoms with E-state index in [1.807, 2.05) is 24.3 Å². The summed E-state index contributed by atoms with van der Waals surface area (Å²) in [6, 6.07) is 11.0.